The Morgan fingerprint density at radius 2 is 1.97 bits per heavy atom. The van der Waals surface area contributed by atoms with E-state index in [1.165, 1.54) is 37.7 Å². The molecule has 0 saturated heterocycles. The van der Waals surface area contributed by atoms with Crippen LogP contribution in [0, 0.1) is 0 Å². The number of nitrogen functional groups attached to an aromatic ring is 1. The van der Waals surface area contributed by atoms with Gasteiger partial charge >= 0.3 is 0 Å². The lowest BCUT2D eigenvalue weighted by Gasteiger charge is -2.32. The molecule has 2 aliphatic rings. The summed E-state index contributed by atoms with van der Waals surface area (Å²) >= 11 is 7.29. The summed E-state index contributed by atoms with van der Waals surface area (Å²) in [4.78, 5) is 17.9. The van der Waals surface area contributed by atoms with Crippen LogP contribution in [0.3, 0.4) is 0 Å². The number of aryl methyl sites for hydroxylation is 1. The molecule has 6 nitrogen and oxygen atoms in total. The van der Waals surface area contributed by atoms with Gasteiger partial charge in [0.25, 0.3) is 0 Å². The molecule has 2 heterocycles. The van der Waals surface area contributed by atoms with Crippen molar-refractivity contribution in [2.45, 2.75) is 56.7 Å². The van der Waals surface area contributed by atoms with E-state index in [-0.39, 0.29) is 5.95 Å². The lowest BCUT2D eigenvalue weighted by Crippen LogP contribution is -2.36. The van der Waals surface area contributed by atoms with Crippen LogP contribution in [-0.4, -0.2) is 43.8 Å². The first kappa shape index (κ1) is 20.3. The van der Waals surface area contributed by atoms with Crippen LogP contribution in [0.1, 0.15) is 49.9 Å². The lowest BCUT2D eigenvalue weighted by atomic mass is 9.95. The second-order valence-electron chi connectivity index (χ2n) is 7.75. The highest BCUT2D eigenvalue weighted by Gasteiger charge is 2.22. The van der Waals surface area contributed by atoms with E-state index < -0.39 is 0 Å². The molecule has 1 saturated carbocycles. The van der Waals surface area contributed by atoms with Crippen molar-refractivity contribution < 1.29 is 0 Å². The van der Waals surface area contributed by atoms with Crippen LogP contribution in [-0.2, 0) is 12.2 Å². The van der Waals surface area contributed by atoms with Gasteiger partial charge in [0.1, 0.15) is 10.1 Å². The van der Waals surface area contributed by atoms with Gasteiger partial charge in [-0.15, -0.1) is 0 Å². The van der Waals surface area contributed by atoms with Gasteiger partial charge in [0.2, 0.25) is 11.9 Å². The molecule has 0 unspecified atom stereocenters. The zero-order valence-corrected chi connectivity index (χ0v) is 18.5. The molecule has 1 aliphatic heterocycles. The summed E-state index contributed by atoms with van der Waals surface area (Å²) in [6.07, 6.45) is 8.56. The molecule has 0 amide bonds. The number of benzene rings is 1. The number of nitrogens with zero attached hydrogens (tertiary/aromatic N) is 5. The molecule has 4 rings (SSSR count). The van der Waals surface area contributed by atoms with Crippen molar-refractivity contribution in [3.05, 3.63) is 35.7 Å². The number of para-hydroxylation sites is 1. The maximum atomic E-state index is 6.03. The largest absolute Gasteiger partial charge is 0.368 e. The summed E-state index contributed by atoms with van der Waals surface area (Å²) in [7, 11) is 2.11. The Kier molecular flexibility index (Phi) is 6.50. The summed E-state index contributed by atoms with van der Waals surface area (Å²) in [6, 6.07) is 8.99. The Morgan fingerprint density at radius 1 is 1.17 bits per heavy atom. The fraction of sp³-hybridized carbons (Fsp3) is 0.524. The number of anilines is 3. The summed E-state index contributed by atoms with van der Waals surface area (Å²) in [5.74, 6) is 2.18. The third kappa shape index (κ3) is 4.80. The monoisotopic (exact) mass is 428 g/mol. The van der Waals surface area contributed by atoms with Gasteiger partial charge in [-0.25, -0.2) is 0 Å². The Hall–Kier alpha value is -1.93. The van der Waals surface area contributed by atoms with E-state index in [0.717, 1.165) is 29.4 Å². The van der Waals surface area contributed by atoms with Gasteiger partial charge in [-0.1, -0.05) is 61.4 Å². The van der Waals surface area contributed by atoms with E-state index in [9.17, 15) is 0 Å². The fourth-order valence-corrected chi connectivity index (χ4v) is 5.26. The SMILES string of the molecule is CN(C(=S)SCc1nc(N)nc(N2CCCc3ccccc32)n1)C1CCCCC1. The molecule has 2 aromatic rings. The second-order valence-corrected chi connectivity index (χ2v) is 9.36. The normalized spacial score (nSPS) is 17.1. The molecule has 0 atom stereocenters. The average molecular weight is 429 g/mol. The van der Waals surface area contributed by atoms with Gasteiger partial charge in [0, 0.05) is 25.3 Å². The van der Waals surface area contributed by atoms with Crippen LogP contribution in [0.25, 0.3) is 0 Å². The molecule has 154 valence electrons. The molecule has 0 bridgehead atoms. The van der Waals surface area contributed by atoms with E-state index in [0.29, 0.717) is 23.6 Å². The maximum absolute atomic E-state index is 6.03. The van der Waals surface area contributed by atoms with Crippen molar-refractivity contribution in [1.82, 2.24) is 19.9 Å². The van der Waals surface area contributed by atoms with Gasteiger partial charge in [-0.05, 0) is 37.3 Å². The third-order valence-electron chi connectivity index (χ3n) is 5.77. The van der Waals surface area contributed by atoms with Crippen LogP contribution in [0.2, 0.25) is 0 Å². The van der Waals surface area contributed by atoms with E-state index in [1.54, 1.807) is 11.8 Å². The number of nitrogens with two attached hydrogens (primary N) is 1. The zero-order valence-electron chi connectivity index (χ0n) is 16.9. The summed E-state index contributed by atoms with van der Waals surface area (Å²) in [6.45, 7) is 0.885. The smallest absolute Gasteiger partial charge is 0.235 e. The van der Waals surface area contributed by atoms with E-state index in [1.807, 2.05) is 0 Å². The summed E-state index contributed by atoms with van der Waals surface area (Å²) < 4.78 is 0.903. The number of hydrogen-bond donors (Lipinski definition) is 1. The fourth-order valence-electron chi connectivity index (χ4n) is 4.20. The number of thiocarbonyl (C=S) groups is 1. The molecule has 8 heteroatoms. The Bertz CT molecular complexity index is 868. The number of thioether (sulfide) groups is 1. The molecule has 1 aromatic heterocycles. The average Bonchev–Trinajstić information content (AvgIpc) is 2.76. The predicted octanol–water partition coefficient (Wildman–Crippen LogP) is 4.32. The first-order chi connectivity index (χ1) is 14.1. The topological polar surface area (TPSA) is 71.2 Å². The van der Waals surface area contributed by atoms with Gasteiger partial charge in [0.15, 0.2) is 0 Å². The minimum atomic E-state index is 0.264. The first-order valence-corrected chi connectivity index (χ1v) is 11.8. The van der Waals surface area contributed by atoms with Crippen LogP contribution in [0.5, 0.6) is 0 Å². The summed E-state index contributed by atoms with van der Waals surface area (Å²) in [5.41, 5.74) is 8.51. The zero-order chi connectivity index (χ0) is 20.2. The first-order valence-electron chi connectivity index (χ1n) is 10.4. The third-order valence-corrected chi connectivity index (χ3v) is 7.35. The molecular formula is C21H28N6S2. The van der Waals surface area contributed by atoms with Gasteiger partial charge in [-0.2, -0.15) is 15.0 Å². The van der Waals surface area contributed by atoms with Crippen LogP contribution < -0.4 is 10.6 Å². The van der Waals surface area contributed by atoms with Crippen molar-refractivity contribution in [1.29, 1.82) is 0 Å². The van der Waals surface area contributed by atoms with Crippen molar-refractivity contribution in [3.8, 4) is 0 Å². The van der Waals surface area contributed by atoms with E-state index in [2.05, 4.69) is 51.1 Å². The molecule has 0 spiro atoms. The Labute approximate surface area is 182 Å². The van der Waals surface area contributed by atoms with Gasteiger partial charge in [-0.3, -0.25) is 0 Å². The summed E-state index contributed by atoms with van der Waals surface area (Å²) in [5, 5.41) is 0. The second kappa shape index (κ2) is 9.26. The van der Waals surface area contributed by atoms with Crippen molar-refractivity contribution in [2.75, 3.05) is 24.2 Å². The van der Waals surface area contributed by atoms with E-state index >= 15 is 0 Å². The van der Waals surface area contributed by atoms with Gasteiger partial charge in [0.05, 0.1) is 5.75 Å². The molecule has 2 N–H and O–H groups in total. The molecule has 29 heavy (non-hydrogen) atoms. The van der Waals surface area contributed by atoms with Gasteiger partial charge < -0.3 is 15.5 Å². The number of rotatable bonds is 4. The van der Waals surface area contributed by atoms with E-state index in [4.69, 9.17) is 22.9 Å². The highest BCUT2D eigenvalue weighted by atomic mass is 32.2. The number of aromatic nitrogens is 3. The predicted molar refractivity (Wildman–Crippen MR) is 125 cm³/mol. The van der Waals surface area contributed by atoms with Crippen LogP contribution >= 0.6 is 24.0 Å². The minimum Gasteiger partial charge on any atom is -0.368 e. The molecule has 1 fully saturated rings. The quantitative estimate of drug-likeness (QED) is 0.722. The number of hydrogen-bond acceptors (Lipinski definition) is 7. The van der Waals surface area contributed by atoms with Crippen molar-refractivity contribution in [3.63, 3.8) is 0 Å². The molecule has 1 aromatic carbocycles. The van der Waals surface area contributed by atoms with Crippen molar-refractivity contribution in [2.24, 2.45) is 0 Å². The minimum absolute atomic E-state index is 0.264. The number of fused-ring (bicyclic) bond motifs is 1. The van der Waals surface area contributed by atoms with Crippen molar-refractivity contribution >= 4 is 45.9 Å². The maximum Gasteiger partial charge on any atom is 0.235 e. The molecule has 0 radical (unpaired) electrons. The molecular weight excluding hydrogens is 400 g/mol. The highest BCUT2D eigenvalue weighted by Crippen LogP contribution is 2.32. The highest BCUT2D eigenvalue weighted by molar-refractivity contribution is 8.22. The lowest BCUT2D eigenvalue weighted by molar-refractivity contribution is 0.285. The Morgan fingerprint density at radius 3 is 2.79 bits per heavy atom. The standard InChI is InChI=1S/C21H28N6S2/c1-26(16-10-3-2-4-11-16)21(28)29-14-18-23-19(22)25-20(24-18)27-13-7-9-15-8-5-6-12-17(15)27/h5-6,8,12,16H,2-4,7,9-11,13-14H2,1H3,(H2,22,23,24,25). The molecule has 1 aliphatic carbocycles. The van der Waals surface area contributed by atoms with Crippen LogP contribution in [0.15, 0.2) is 24.3 Å². The van der Waals surface area contributed by atoms with Crippen LogP contribution in [0.4, 0.5) is 17.6 Å². The Balaban J connectivity index is 1.46.